The average molecular weight is 316 g/mol. The molecule has 0 radical (unpaired) electrons. The number of halogens is 1. The Morgan fingerprint density at radius 3 is 2.43 bits per heavy atom. The van der Waals surface area contributed by atoms with Crippen LogP contribution in [0, 0.1) is 11.2 Å². The fourth-order valence-corrected chi connectivity index (χ4v) is 3.16. The molecule has 0 spiro atoms. The van der Waals surface area contributed by atoms with E-state index < -0.39 is 0 Å². The van der Waals surface area contributed by atoms with Crippen LogP contribution in [0.4, 0.5) is 4.39 Å². The minimum absolute atomic E-state index is 0.211. The number of nitrogens with zero attached hydrogens (tertiary/aromatic N) is 1. The number of rotatable bonds is 5. The first-order valence-corrected chi connectivity index (χ1v) is 7.93. The second-order valence-corrected chi connectivity index (χ2v) is 5.71. The fourth-order valence-electron chi connectivity index (χ4n) is 3.16. The largest absolute Gasteiger partial charge is 0.371 e. The first-order valence-electron chi connectivity index (χ1n) is 7.93. The first-order chi connectivity index (χ1) is 10.9. The third-order valence-electron chi connectivity index (χ3n) is 4.22. The van der Waals surface area contributed by atoms with E-state index in [1.807, 2.05) is 18.7 Å². The predicted octanol–water partition coefficient (Wildman–Crippen LogP) is 2.95. The van der Waals surface area contributed by atoms with Gasteiger partial charge in [-0.1, -0.05) is 18.7 Å². The van der Waals surface area contributed by atoms with Crippen molar-refractivity contribution in [3.05, 3.63) is 59.3 Å². The molecule has 124 valence electrons. The van der Waals surface area contributed by atoms with Crippen LogP contribution in [0.3, 0.4) is 0 Å². The molecule has 1 heterocycles. The number of nitrogens with two attached hydrogens (primary N) is 1. The predicted molar refractivity (Wildman–Crippen MR) is 92.7 cm³/mol. The number of benzene rings is 1. The summed E-state index contributed by atoms with van der Waals surface area (Å²) in [7, 11) is 0. The van der Waals surface area contributed by atoms with Gasteiger partial charge in [-0.2, -0.15) is 0 Å². The Morgan fingerprint density at radius 2 is 1.96 bits per heavy atom. The highest BCUT2D eigenvalue weighted by Crippen LogP contribution is 2.38. The highest BCUT2D eigenvalue weighted by Gasteiger charge is 2.37. The van der Waals surface area contributed by atoms with E-state index in [0.717, 1.165) is 35.7 Å². The normalized spacial score (nSPS) is 21.6. The summed E-state index contributed by atoms with van der Waals surface area (Å²) in [5.74, 6) is 0.386. The van der Waals surface area contributed by atoms with Gasteiger partial charge in [-0.15, -0.1) is 0 Å². The molecule has 0 fully saturated rings. The van der Waals surface area contributed by atoms with Crippen molar-refractivity contribution in [2.45, 2.75) is 32.7 Å². The Morgan fingerprint density at radius 1 is 1.35 bits per heavy atom. The molecule has 0 bridgehead atoms. The third kappa shape index (κ3) is 3.15. The molecule has 0 aliphatic carbocycles. The molecule has 4 N–H and O–H groups in total. The van der Waals surface area contributed by atoms with Gasteiger partial charge in [0.1, 0.15) is 11.6 Å². The van der Waals surface area contributed by atoms with Crippen molar-refractivity contribution < 1.29 is 4.39 Å². The molecule has 2 unspecified atom stereocenters. The van der Waals surface area contributed by atoms with E-state index in [9.17, 15) is 4.39 Å². The topological polar surface area (TPSA) is 65.1 Å². The Hall–Kier alpha value is -2.14. The van der Waals surface area contributed by atoms with E-state index >= 15 is 0 Å². The maximum atomic E-state index is 13.3. The summed E-state index contributed by atoms with van der Waals surface area (Å²) >= 11 is 0. The minimum Gasteiger partial charge on any atom is -0.371 e. The van der Waals surface area contributed by atoms with Gasteiger partial charge in [0.25, 0.3) is 0 Å². The summed E-state index contributed by atoms with van der Waals surface area (Å²) in [6.45, 7) is 11.4. The Kier molecular flexibility index (Phi) is 5.21. The highest BCUT2D eigenvalue weighted by molar-refractivity contribution is 5.98. The molecular weight excluding hydrogens is 291 g/mol. The number of hydrogen-bond acceptors (Lipinski definition) is 4. The zero-order chi connectivity index (χ0) is 17.1. The molecule has 23 heavy (non-hydrogen) atoms. The SMILES string of the molecule is C=C1C(N)C(c2ccc(F)cc2)C(C(C)=N)=C(NCC)N1CC. The van der Waals surface area contributed by atoms with Crippen LogP contribution in [0.15, 0.2) is 47.9 Å². The van der Waals surface area contributed by atoms with Crippen LogP contribution in [0.2, 0.25) is 0 Å². The summed E-state index contributed by atoms with van der Waals surface area (Å²) in [5.41, 5.74) is 9.46. The molecule has 4 nitrogen and oxygen atoms in total. The van der Waals surface area contributed by atoms with Gasteiger partial charge in [0, 0.05) is 36.0 Å². The lowest BCUT2D eigenvalue weighted by molar-refractivity contribution is 0.347. The lowest BCUT2D eigenvalue weighted by atomic mass is 9.79. The molecule has 0 saturated heterocycles. The second kappa shape index (κ2) is 6.96. The van der Waals surface area contributed by atoms with Gasteiger partial charge in [0.05, 0.1) is 6.04 Å². The minimum atomic E-state index is -0.349. The zero-order valence-corrected chi connectivity index (χ0v) is 14.0. The van der Waals surface area contributed by atoms with E-state index in [2.05, 4.69) is 11.9 Å². The van der Waals surface area contributed by atoms with Gasteiger partial charge >= 0.3 is 0 Å². The standard InChI is InChI=1S/C18H25FN4/c1-5-22-18-15(11(3)20)16(13-7-9-14(19)10-8-13)17(21)12(4)23(18)6-2/h7-10,16-17,20,22H,4-6,21H2,1-3H3. The summed E-state index contributed by atoms with van der Waals surface area (Å²) in [5, 5.41) is 11.6. The molecule has 1 aliphatic rings. The van der Waals surface area contributed by atoms with E-state index in [4.69, 9.17) is 11.1 Å². The van der Waals surface area contributed by atoms with E-state index in [1.54, 1.807) is 19.1 Å². The van der Waals surface area contributed by atoms with Crippen molar-refractivity contribution in [1.82, 2.24) is 10.2 Å². The van der Waals surface area contributed by atoms with Crippen molar-refractivity contribution >= 4 is 5.71 Å². The van der Waals surface area contributed by atoms with Crippen molar-refractivity contribution in [3.63, 3.8) is 0 Å². The molecule has 2 rings (SSSR count). The van der Waals surface area contributed by atoms with Gasteiger partial charge in [-0.3, -0.25) is 0 Å². The molecule has 5 heteroatoms. The van der Waals surface area contributed by atoms with Crippen molar-refractivity contribution in [2.24, 2.45) is 5.73 Å². The lowest BCUT2D eigenvalue weighted by Crippen LogP contribution is -2.48. The van der Waals surface area contributed by atoms with Crippen LogP contribution in [-0.2, 0) is 0 Å². The lowest BCUT2D eigenvalue weighted by Gasteiger charge is -2.43. The van der Waals surface area contributed by atoms with Gasteiger partial charge in [0.15, 0.2) is 0 Å². The Bertz CT molecular complexity index is 633. The zero-order valence-electron chi connectivity index (χ0n) is 14.0. The number of hydrogen-bond donors (Lipinski definition) is 3. The summed E-state index contributed by atoms with van der Waals surface area (Å²) < 4.78 is 13.3. The molecule has 0 aromatic heterocycles. The summed E-state index contributed by atoms with van der Waals surface area (Å²) in [6, 6.07) is 5.99. The molecule has 1 aromatic carbocycles. The molecule has 0 saturated carbocycles. The third-order valence-corrected chi connectivity index (χ3v) is 4.22. The van der Waals surface area contributed by atoms with Gasteiger partial charge < -0.3 is 21.4 Å². The Labute approximate surface area is 137 Å². The van der Waals surface area contributed by atoms with Crippen LogP contribution in [-0.4, -0.2) is 29.7 Å². The van der Waals surface area contributed by atoms with Crippen LogP contribution >= 0.6 is 0 Å². The highest BCUT2D eigenvalue weighted by atomic mass is 19.1. The first kappa shape index (κ1) is 17.2. The molecule has 1 aliphatic heterocycles. The molecule has 2 atom stereocenters. The van der Waals surface area contributed by atoms with Crippen LogP contribution in [0.25, 0.3) is 0 Å². The van der Waals surface area contributed by atoms with Gasteiger partial charge in [-0.05, 0) is 38.5 Å². The molecular formula is C18H25FN4. The van der Waals surface area contributed by atoms with Crippen LogP contribution in [0.5, 0.6) is 0 Å². The van der Waals surface area contributed by atoms with Crippen molar-refractivity contribution in [2.75, 3.05) is 13.1 Å². The van der Waals surface area contributed by atoms with E-state index in [-0.39, 0.29) is 17.8 Å². The Balaban J connectivity index is 2.65. The summed E-state index contributed by atoms with van der Waals surface area (Å²) in [6.07, 6.45) is 0. The van der Waals surface area contributed by atoms with Crippen molar-refractivity contribution in [1.29, 1.82) is 5.41 Å². The fraction of sp³-hybridized carbons (Fsp3) is 0.389. The number of likely N-dealkylation sites (N-methyl/N-ethyl adjacent to an activating group) is 1. The summed E-state index contributed by atoms with van der Waals surface area (Å²) in [4.78, 5) is 2.03. The maximum Gasteiger partial charge on any atom is 0.123 e. The smallest absolute Gasteiger partial charge is 0.123 e. The maximum absolute atomic E-state index is 13.3. The quantitative estimate of drug-likeness (QED) is 0.732. The van der Waals surface area contributed by atoms with E-state index in [0.29, 0.717) is 5.71 Å². The number of nitrogens with one attached hydrogen (secondary N) is 2. The molecule has 0 amide bonds. The second-order valence-electron chi connectivity index (χ2n) is 5.71. The average Bonchev–Trinajstić information content (AvgIpc) is 2.51. The van der Waals surface area contributed by atoms with Gasteiger partial charge in [-0.25, -0.2) is 4.39 Å². The van der Waals surface area contributed by atoms with Crippen LogP contribution < -0.4 is 11.1 Å². The van der Waals surface area contributed by atoms with Gasteiger partial charge in [0.2, 0.25) is 0 Å². The van der Waals surface area contributed by atoms with Crippen LogP contribution in [0.1, 0.15) is 32.3 Å². The molecule has 1 aromatic rings. The van der Waals surface area contributed by atoms with Crippen molar-refractivity contribution in [3.8, 4) is 0 Å². The van der Waals surface area contributed by atoms with E-state index in [1.165, 1.54) is 12.1 Å². The monoisotopic (exact) mass is 316 g/mol.